The summed E-state index contributed by atoms with van der Waals surface area (Å²) in [4.78, 5) is 0. The first-order valence-electron chi connectivity index (χ1n) is 4.11. The summed E-state index contributed by atoms with van der Waals surface area (Å²) < 4.78 is 6.65. The molecule has 0 spiro atoms. The van der Waals surface area contributed by atoms with Gasteiger partial charge in [0.1, 0.15) is 0 Å². The molecule has 0 amide bonds. The van der Waals surface area contributed by atoms with Crippen molar-refractivity contribution >= 4 is 15.9 Å². The molecule has 2 rings (SSSR count). The van der Waals surface area contributed by atoms with Crippen LogP contribution in [0.5, 0.6) is 0 Å². The van der Waals surface area contributed by atoms with Gasteiger partial charge in [0, 0.05) is 10.9 Å². The van der Waals surface area contributed by atoms with Gasteiger partial charge in [0.25, 0.3) is 0 Å². The molecule has 1 nitrogen and oxygen atoms in total. The largest absolute Gasteiger partial charge is 0.370 e. The lowest BCUT2D eigenvalue weighted by molar-refractivity contribution is -0.140. The molecule has 0 N–H and O–H groups in total. The van der Waals surface area contributed by atoms with Crippen LogP contribution >= 0.6 is 15.9 Å². The Labute approximate surface area is 80.9 Å². The number of hydrogen-bond donors (Lipinski definition) is 0. The van der Waals surface area contributed by atoms with Crippen molar-refractivity contribution in [2.45, 2.75) is 18.9 Å². The van der Waals surface area contributed by atoms with Crippen LogP contribution in [-0.2, 0) is 10.3 Å². The number of hydrogen-bond acceptors (Lipinski definition) is 1. The summed E-state index contributed by atoms with van der Waals surface area (Å²) in [6.07, 6.45) is 1.13. The van der Waals surface area contributed by atoms with Crippen LogP contribution in [0.25, 0.3) is 0 Å². The third-order valence-corrected chi connectivity index (χ3v) is 2.98. The van der Waals surface area contributed by atoms with Crippen molar-refractivity contribution in [1.82, 2.24) is 0 Å². The molecule has 2 heteroatoms. The quantitative estimate of drug-likeness (QED) is 0.716. The van der Waals surface area contributed by atoms with E-state index in [1.165, 1.54) is 5.56 Å². The Kier molecular flexibility index (Phi) is 1.97. The molecule has 1 aromatic carbocycles. The Bertz CT molecular complexity index is 274. The van der Waals surface area contributed by atoms with Crippen molar-refractivity contribution in [2.24, 2.45) is 0 Å². The zero-order valence-corrected chi connectivity index (χ0v) is 8.60. The predicted molar refractivity (Wildman–Crippen MR) is 52.1 cm³/mol. The average Bonchev–Trinajstić information content (AvgIpc) is 2.02. The molecule has 12 heavy (non-hydrogen) atoms. The van der Waals surface area contributed by atoms with Crippen LogP contribution in [0.15, 0.2) is 28.7 Å². The molecule has 0 saturated carbocycles. The maximum atomic E-state index is 5.53. The van der Waals surface area contributed by atoms with Crippen LogP contribution in [-0.4, -0.2) is 6.61 Å². The lowest BCUT2D eigenvalue weighted by Gasteiger charge is -2.39. The van der Waals surface area contributed by atoms with Gasteiger partial charge >= 0.3 is 0 Å². The first-order chi connectivity index (χ1) is 5.71. The van der Waals surface area contributed by atoms with Crippen LogP contribution in [0.2, 0.25) is 0 Å². The molecular formula is C10H11BrO. The summed E-state index contributed by atoms with van der Waals surface area (Å²) in [7, 11) is 0. The second kappa shape index (κ2) is 2.86. The summed E-state index contributed by atoms with van der Waals surface area (Å²) in [5, 5.41) is 0. The molecule has 1 aromatic rings. The molecule has 1 saturated heterocycles. The van der Waals surface area contributed by atoms with Crippen molar-refractivity contribution in [3.8, 4) is 0 Å². The van der Waals surface area contributed by atoms with Gasteiger partial charge in [0.15, 0.2) is 0 Å². The molecule has 0 aliphatic carbocycles. The molecule has 1 fully saturated rings. The fraction of sp³-hybridized carbons (Fsp3) is 0.400. The second-order valence-corrected chi connectivity index (χ2v) is 4.25. The lowest BCUT2D eigenvalue weighted by Crippen LogP contribution is -2.37. The van der Waals surface area contributed by atoms with Gasteiger partial charge in [0.05, 0.1) is 12.2 Å². The van der Waals surface area contributed by atoms with E-state index in [0.717, 1.165) is 17.5 Å². The highest BCUT2D eigenvalue weighted by Crippen LogP contribution is 2.36. The third-order valence-electron chi connectivity index (χ3n) is 2.45. The number of halogens is 1. The molecule has 64 valence electrons. The highest BCUT2D eigenvalue weighted by atomic mass is 79.9. The highest BCUT2D eigenvalue weighted by molar-refractivity contribution is 9.10. The maximum absolute atomic E-state index is 5.53. The number of rotatable bonds is 1. The van der Waals surface area contributed by atoms with Crippen molar-refractivity contribution in [3.05, 3.63) is 34.3 Å². The van der Waals surface area contributed by atoms with Gasteiger partial charge in [-0.3, -0.25) is 0 Å². The van der Waals surface area contributed by atoms with Gasteiger partial charge in [-0.05, 0) is 24.6 Å². The molecule has 0 aromatic heterocycles. The van der Waals surface area contributed by atoms with E-state index in [1.54, 1.807) is 0 Å². The van der Waals surface area contributed by atoms with Crippen molar-refractivity contribution in [3.63, 3.8) is 0 Å². The van der Waals surface area contributed by atoms with E-state index in [9.17, 15) is 0 Å². The fourth-order valence-corrected chi connectivity index (χ4v) is 1.70. The molecule has 1 aliphatic heterocycles. The van der Waals surface area contributed by atoms with Crippen LogP contribution < -0.4 is 0 Å². The Morgan fingerprint density at radius 3 is 2.33 bits per heavy atom. The molecule has 0 unspecified atom stereocenters. The summed E-state index contributed by atoms with van der Waals surface area (Å²) in [5.41, 5.74) is 1.26. The van der Waals surface area contributed by atoms with E-state index in [0.29, 0.717) is 0 Å². The molecular weight excluding hydrogens is 216 g/mol. The molecule has 1 heterocycles. The van der Waals surface area contributed by atoms with Gasteiger partial charge in [-0.15, -0.1) is 0 Å². The van der Waals surface area contributed by atoms with Crippen LogP contribution in [0.1, 0.15) is 18.9 Å². The Morgan fingerprint density at radius 2 is 1.92 bits per heavy atom. The first-order valence-corrected chi connectivity index (χ1v) is 4.90. The van der Waals surface area contributed by atoms with Crippen molar-refractivity contribution in [2.75, 3.05) is 6.61 Å². The summed E-state index contributed by atoms with van der Waals surface area (Å²) in [6.45, 7) is 3.03. The zero-order valence-electron chi connectivity index (χ0n) is 7.01. The molecule has 0 bridgehead atoms. The monoisotopic (exact) mass is 226 g/mol. The minimum absolute atomic E-state index is 0.0132. The van der Waals surface area contributed by atoms with Gasteiger partial charge in [-0.1, -0.05) is 28.1 Å². The lowest BCUT2D eigenvalue weighted by atomic mass is 9.89. The Morgan fingerprint density at radius 1 is 1.33 bits per heavy atom. The molecule has 0 radical (unpaired) electrons. The second-order valence-electron chi connectivity index (χ2n) is 3.34. The van der Waals surface area contributed by atoms with E-state index in [4.69, 9.17) is 4.74 Å². The third kappa shape index (κ3) is 1.29. The van der Waals surface area contributed by atoms with Crippen LogP contribution in [0.3, 0.4) is 0 Å². The number of ether oxygens (including phenoxy) is 1. The van der Waals surface area contributed by atoms with Gasteiger partial charge in [0.2, 0.25) is 0 Å². The molecule has 1 aliphatic rings. The van der Waals surface area contributed by atoms with Crippen LogP contribution in [0.4, 0.5) is 0 Å². The van der Waals surface area contributed by atoms with Gasteiger partial charge < -0.3 is 4.74 Å². The smallest absolute Gasteiger partial charge is 0.0925 e. The van der Waals surface area contributed by atoms with E-state index < -0.39 is 0 Å². The zero-order chi connectivity index (χ0) is 8.60. The topological polar surface area (TPSA) is 9.23 Å². The highest BCUT2D eigenvalue weighted by Gasteiger charge is 2.34. The predicted octanol–water partition coefficient (Wildman–Crippen LogP) is 3.08. The summed E-state index contributed by atoms with van der Waals surface area (Å²) >= 11 is 3.41. The van der Waals surface area contributed by atoms with E-state index >= 15 is 0 Å². The first kappa shape index (κ1) is 8.27. The van der Waals surface area contributed by atoms with Gasteiger partial charge in [-0.25, -0.2) is 0 Å². The SMILES string of the molecule is C[C@@]1(c2ccc(Br)cc2)CCO1. The minimum Gasteiger partial charge on any atom is -0.370 e. The van der Waals surface area contributed by atoms with E-state index in [1.807, 2.05) is 0 Å². The summed E-state index contributed by atoms with van der Waals surface area (Å²) in [6, 6.07) is 8.34. The Hall–Kier alpha value is -0.340. The average molecular weight is 227 g/mol. The summed E-state index contributed by atoms with van der Waals surface area (Å²) in [5.74, 6) is 0. The van der Waals surface area contributed by atoms with E-state index in [-0.39, 0.29) is 5.60 Å². The van der Waals surface area contributed by atoms with Crippen molar-refractivity contribution in [1.29, 1.82) is 0 Å². The minimum atomic E-state index is -0.0132. The maximum Gasteiger partial charge on any atom is 0.0925 e. The standard InChI is InChI=1S/C10H11BrO/c1-10(6-7-12-10)8-2-4-9(11)5-3-8/h2-5H,6-7H2,1H3/t10-/m0/s1. The van der Waals surface area contributed by atoms with E-state index in [2.05, 4.69) is 47.1 Å². The normalized spacial score (nSPS) is 28.2. The van der Waals surface area contributed by atoms with Crippen molar-refractivity contribution < 1.29 is 4.74 Å². The number of benzene rings is 1. The fourth-order valence-electron chi connectivity index (χ4n) is 1.44. The van der Waals surface area contributed by atoms with Gasteiger partial charge in [-0.2, -0.15) is 0 Å². The van der Waals surface area contributed by atoms with Crippen LogP contribution in [0, 0.1) is 0 Å². The molecule has 1 atom stereocenters. The Balaban J connectivity index is 2.28.